The molecule has 158 valence electrons. The molecular formula is C23H22N4O4. The molecule has 31 heavy (non-hydrogen) atoms. The van der Waals surface area contributed by atoms with Gasteiger partial charge in [-0.2, -0.15) is 0 Å². The Hall–Kier alpha value is -3.81. The molecule has 0 aliphatic carbocycles. The molecule has 0 radical (unpaired) electrons. The molecule has 5 rings (SSSR count). The van der Waals surface area contributed by atoms with Crippen LogP contribution >= 0.6 is 0 Å². The van der Waals surface area contributed by atoms with Crippen LogP contribution in [0.5, 0.6) is 5.75 Å². The summed E-state index contributed by atoms with van der Waals surface area (Å²) in [5.41, 5.74) is 4.03. The summed E-state index contributed by atoms with van der Waals surface area (Å²) in [7, 11) is 1.63. The van der Waals surface area contributed by atoms with E-state index in [0.717, 1.165) is 27.9 Å². The molecule has 0 fully saturated rings. The van der Waals surface area contributed by atoms with Crippen LogP contribution in [0.25, 0.3) is 10.9 Å². The van der Waals surface area contributed by atoms with Crippen molar-refractivity contribution < 1.29 is 19.1 Å². The highest BCUT2D eigenvalue weighted by Crippen LogP contribution is 2.31. The number of benzene rings is 2. The van der Waals surface area contributed by atoms with Gasteiger partial charge in [-0.1, -0.05) is 12.1 Å². The van der Waals surface area contributed by atoms with E-state index in [1.165, 1.54) is 0 Å². The van der Waals surface area contributed by atoms with Crippen LogP contribution in [-0.4, -0.2) is 47.3 Å². The normalized spacial score (nSPS) is 18.0. The summed E-state index contributed by atoms with van der Waals surface area (Å²) < 4.78 is 5.34. The molecule has 3 N–H and O–H groups in total. The van der Waals surface area contributed by atoms with Gasteiger partial charge in [0.2, 0.25) is 11.8 Å². The number of nitrogens with zero attached hydrogens (tertiary/aromatic N) is 1. The summed E-state index contributed by atoms with van der Waals surface area (Å²) in [5.74, 6) is -0.165. The third-order valence-corrected chi connectivity index (χ3v) is 5.97. The van der Waals surface area contributed by atoms with E-state index in [0.29, 0.717) is 30.8 Å². The number of anilines is 1. The second-order valence-corrected chi connectivity index (χ2v) is 7.82. The lowest BCUT2D eigenvalue weighted by atomic mass is 10.0. The first-order valence-electron chi connectivity index (χ1n) is 10.2. The van der Waals surface area contributed by atoms with Gasteiger partial charge in [0.1, 0.15) is 11.8 Å². The molecule has 0 bridgehead atoms. The number of aromatic amines is 1. The molecule has 8 heteroatoms. The third-order valence-electron chi connectivity index (χ3n) is 5.97. The number of carbonyl (C=O) groups is 3. The van der Waals surface area contributed by atoms with Crippen molar-refractivity contribution in [2.45, 2.75) is 25.4 Å². The number of rotatable bonds is 3. The zero-order valence-electron chi connectivity index (χ0n) is 17.0. The number of hydrogen-bond acceptors (Lipinski definition) is 4. The summed E-state index contributed by atoms with van der Waals surface area (Å²) in [5, 5.41) is 6.47. The van der Waals surface area contributed by atoms with Gasteiger partial charge < -0.3 is 25.3 Å². The van der Waals surface area contributed by atoms with Crippen LogP contribution in [0.3, 0.4) is 0 Å². The van der Waals surface area contributed by atoms with E-state index in [1.807, 2.05) is 18.2 Å². The Bertz CT molecular complexity index is 1220. The van der Waals surface area contributed by atoms with Crippen molar-refractivity contribution >= 4 is 34.3 Å². The molecule has 2 aliphatic heterocycles. The Balaban J connectivity index is 1.34. The molecule has 0 saturated carbocycles. The maximum Gasteiger partial charge on any atom is 0.254 e. The standard InChI is InChI=1S/C23H22N4O4/c1-31-13-6-7-18-15(10-13)16-12-27(9-8-19(16)24-18)21(28)11-20-23(30)25-17-5-3-2-4-14(17)22(29)26-20/h2-7,10,20,24H,8-9,11-12H2,1H3,(H,25,30)(H,26,29)/t20-/m1/s1. The van der Waals surface area contributed by atoms with Crippen molar-refractivity contribution in [3.05, 3.63) is 59.3 Å². The summed E-state index contributed by atoms with van der Waals surface area (Å²) in [4.78, 5) is 43.4. The third kappa shape index (κ3) is 3.39. The van der Waals surface area contributed by atoms with E-state index in [9.17, 15) is 14.4 Å². The molecule has 1 aromatic heterocycles. The Morgan fingerprint density at radius 2 is 2.03 bits per heavy atom. The highest BCUT2D eigenvalue weighted by Gasteiger charge is 2.32. The molecule has 0 spiro atoms. The maximum atomic E-state index is 13.1. The average Bonchev–Trinajstić information content (AvgIpc) is 3.10. The summed E-state index contributed by atoms with van der Waals surface area (Å²) >= 11 is 0. The van der Waals surface area contributed by atoms with Gasteiger partial charge in [0.25, 0.3) is 5.91 Å². The van der Waals surface area contributed by atoms with E-state index in [1.54, 1.807) is 36.3 Å². The topological polar surface area (TPSA) is 104 Å². The van der Waals surface area contributed by atoms with Crippen LogP contribution in [0.2, 0.25) is 0 Å². The number of carbonyl (C=O) groups excluding carboxylic acids is 3. The van der Waals surface area contributed by atoms with Crippen LogP contribution in [0, 0.1) is 0 Å². The number of aromatic nitrogens is 1. The van der Waals surface area contributed by atoms with E-state index in [4.69, 9.17) is 4.74 Å². The number of amides is 3. The molecular weight excluding hydrogens is 396 g/mol. The first kappa shape index (κ1) is 19.2. The highest BCUT2D eigenvalue weighted by atomic mass is 16.5. The van der Waals surface area contributed by atoms with Gasteiger partial charge in [-0.25, -0.2) is 0 Å². The van der Waals surface area contributed by atoms with Crippen LogP contribution in [0.15, 0.2) is 42.5 Å². The SMILES string of the molecule is COc1ccc2[nH]c3c(c2c1)CN(C(=O)C[C@H]1NC(=O)c2ccccc2NC1=O)CC3. The van der Waals surface area contributed by atoms with Crippen molar-refractivity contribution in [1.82, 2.24) is 15.2 Å². The summed E-state index contributed by atoms with van der Waals surface area (Å²) in [6.45, 7) is 1.00. The lowest BCUT2D eigenvalue weighted by Crippen LogP contribution is -2.46. The number of H-pyrrole nitrogens is 1. The molecule has 0 saturated heterocycles. The Labute approximate surface area is 178 Å². The van der Waals surface area contributed by atoms with Gasteiger partial charge in [-0.15, -0.1) is 0 Å². The molecule has 2 aromatic carbocycles. The molecule has 0 unspecified atom stereocenters. The van der Waals surface area contributed by atoms with Crippen molar-refractivity contribution in [1.29, 1.82) is 0 Å². The number of para-hydroxylation sites is 1. The molecule has 1 atom stereocenters. The Morgan fingerprint density at radius 1 is 1.19 bits per heavy atom. The Kier molecular flexibility index (Phi) is 4.62. The monoisotopic (exact) mass is 418 g/mol. The number of ether oxygens (including phenoxy) is 1. The summed E-state index contributed by atoms with van der Waals surface area (Å²) in [6.07, 6.45) is 0.610. The lowest BCUT2D eigenvalue weighted by Gasteiger charge is -2.28. The van der Waals surface area contributed by atoms with Gasteiger partial charge in [0.15, 0.2) is 0 Å². The second-order valence-electron chi connectivity index (χ2n) is 7.82. The number of hydrogen-bond donors (Lipinski definition) is 3. The fraction of sp³-hybridized carbons (Fsp3) is 0.261. The van der Waals surface area contributed by atoms with E-state index in [-0.39, 0.29) is 24.1 Å². The number of methoxy groups -OCH3 is 1. The maximum absolute atomic E-state index is 13.1. The van der Waals surface area contributed by atoms with Crippen molar-refractivity contribution in [3.8, 4) is 5.75 Å². The largest absolute Gasteiger partial charge is 0.497 e. The quantitative estimate of drug-likeness (QED) is 0.607. The van der Waals surface area contributed by atoms with E-state index < -0.39 is 6.04 Å². The van der Waals surface area contributed by atoms with Crippen molar-refractivity contribution in [2.24, 2.45) is 0 Å². The minimum Gasteiger partial charge on any atom is -0.497 e. The summed E-state index contributed by atoms with van der Waals surface area (Å²) in [6, 6.07) is 11.7. The van der Waals surface area contributed by atoms with Crippen LogP contribution in [-0.2, 0) is 22.6 Å². The number of nitrogens with one attached hydrogen (secondary N) is 3. The predicted molar refractivity (Wildman–Crippen MR) is 115 cm³/mol. The molecule has 3 aromatic rings. The number of fused-ring (bicyclic) bond motifs is 4. The smallest absolute Gasteiger partial charge is 0.254 e. The lowest BCUT2D eigenvalue weighted by molar-refractivity contribution is -0.134. The molecule has 3 heterocycles. The zero-order valence-corrected chi connectivity index (χ0v) is 17.0. The minimum absolute atomic E-state index is 0.0907. The van der Waals surface area contributed by atoms with E-state index in [2.05, 4.69) is 15.6 Å². The van der Waals surface area contributed by atoms with Crippen LogP contribution in [0.1, 0.15) is 28.0 Å². The molecule has 8 nitrogen and oxygen atoms in total. The highest BCUT2D eigenvalue weighted by molar-refractivity contribution is 6.10. The van der Waals surface area contributed by atoms with Gasteiger partial charge in [-0.05, 0) is 30.3 Å². The first-order valence-corrected chi connectivity index (χ1v) is 10.2. The molecule has 3 amide bonds. The fourth-order valence-electron chi connectivity index (χ4n) is 4.29. The van der Waals surface area contributed by atoms with Crippen LogP contribution < -0.4 is 15.4 Å². The van der Waals surface area contributed by atoms with Gasteiger partial charge in [0.05, 0.1) is 24.8 Å². The van der Waals surface area contributed by atoms with Gasteiger partial charge in [-0.3, -0.25) is 14.4 Å². The van der Waals surface area contributed by atoms with Gasteiger partial charge in [0, 0.05) is 41.7 Å². The first-order chi connectivity index (χ1) is 15.0. The van der Waals surface area contributed by atoms with Gasteiger partial charge >= 0.3 is 0 Å². The molecule has 2 aliphatic rings. The fourth-order valence-corrected chi connectivity index (χ4v) is 4.29. The Morgan fingerprint density at radius 3 is 2.87 bits per heavy atom. The zero-order chi connectivity index (χ0) is 21.5. The van der Waals surface area contributed by atoms with Crippen molar-refractivity contribution in [2.75, 3.05) is 19.0 Å². The van der Waals surface area contributed by atoms with E-state index >= 15 is 0 Å². The minimum atomic E-state index is -0.920. The van der Waals surface area contributed by atoms with Crippen molar-refractivity contribution in [3.63, 3.8) is 0 Å². The van der Waals surface area contributed by atoms with Crippen LogP contribution in [0.4, 0.5) is 5.69 Å². The second kappa shape index (κ2) is 7.46. The predicted octanol–water partition coefficient (Wildman–Crippen LogP) is 2.20. The average molecular weight is 418 g/mol.